The van der Waals surface area contributed by atoms with Crippen LogP contribution in [0.5, 0.6) is 0 Å². The van der Waals surface area contributed by atoms with E-state index in [1.807, 2.05) is 13.8 Å². The van der Waals surface area contributed by atoms with Gasteiger partial charge in [-0.1, -0.05) is 37.0 Å². The van der Waals surface area contributed by atoms with E-state index < -0.39 is 6.09 Å². The van der Waals surface area contributed by atoms with Gasteiger partial charge in [0.2, 0.25) is 0 Å². The Balaban J connectivity index is 2.46. The van der Waals surface area contributed by atoms with Crippen molar-refractivity contribution in [2.24, 2.45) is 11.7 Å². The molecule has 0 bridgehead atoms. The smallest absolute Gasteiger partial charge is 0.413 e. The molecule has 0 aliphatic rings. The van der Waals surface area contributed by atoms with Crippen molar-refractivity contribution in [2.75, 3.05) is 18.5 Å². The number of nitrogens with one attached hydrogen (secondary N) is 1. The summed E-state index contributed by atoms with van der Waals surface area (Å²) in [5.74, 6) is 5.86. The zero-order valence-corrected chi connectivity index (χ0v) is 10.6. The van der Waals surface area contributed by atoms with Gasteiger partial charge in [0.15, 0.2) is 5.13 Å². The van der Waals surface area contributed by atoms with Gasteiger partial charge in [0, 0.05) is 0 Å². The first-order valence-corrected chi connectivity index (χ1v) is 6.02. The maximum Gasteiger partial charge on any atom is 0.413 e. The Morgan fingerprint density at radius 2 is 2.47 bits per heavy atom. The van der Waals surface area contributed by atoms with Crippen LogP contribution >= 0.6 is 11.3 Å². The standard InChI is InChI=1S/C11H15N3O2S/c1-8(2)7-16-11(15)14-10-13-6-9(17-10)4-3-5-12/h6,8H,5,7,12H2,1-2H3,(H,13,14,15). The average molecular weight is 253 g/mol. The van der Waals surface area contributed by atoms with Crippen LogP contribution in [0.2, 0.25) is 0 Å². The minimum atomic E-state index is -0.494. The Morgan fingerprint density at radius 1 is 1.71 bits per heavy atom. The van der Waals surface area contributed by atoms with Crippen LogP contribution in [0.1, 0.15) is 18.7 Å². The summed E-state index contributed by atoms with van der Waals surface area (Å²) in [4.78, 5) is 16.1. The molecular formula is C11H15N3O2S. The van der Waals surface area contributed by atoms with E-state index in [0.717, 1.165) is 4.88 Å². The van der Waals surface area contributed by atoms with Crippen molar-refractivity contribution in [2.45, 2.75) is 13.8 Å². The Morgan fingerprint density at radius 3 is 3.12 bits per heavy atom. The quantitative estimate of drug-likeness (QED) is 0.803. The van der Waals surface area contributed by atoms with Gasteiger partial charge in [-0.05, 0) is 5.92 Å². The van der Waals surface area contributed by atoms with Crippen LogP contribution in [0, 0.1) is 17.8 Å². The topological polar surface area (TPSA) is 77.2 Å². The highest BCUT2D eigenvalue weighted by atomic mass is 32.1. The van der Waals surface area contributed by atoms with Crippen LogP contribution in [0.4, 0.5) is 9.93 Å². The second kappa shape index (κ2) is 6.89. The molecule has 6 heteroatoms. The van der Waals surface area contributed by atoms with Crippen molar-refractivity contribution in [3.05, 3.63) is 11.1 Å². The van der Waals surface area contributed by atoms with Gasteiger partial charge in [-0.25, -0.2) is 9.78 Å². The zero-order chi connectivity index (χ0) is 12.7. The highest BCUT2D eigenvalue weighted by Gasteiger charge is 2.07. The summed E-state index contributed by atoms with van der Waals surface area (Å²) >= 11 is 1.28. The minimum Gasteiger partial charge on any atom is -0.449 e. The normalized spacial score (nSPS) is 9.65. The predicted octanol–water partition coefficient (Wildman–Crippen LogP) is 1.66. The summed E-state index contributed by atoms with van der Waals surface area (Å²) in [6.07, 6.45) is 1.09. The van der Waals surface area contributed by atoms with E-state index in [9.17, 15) is 4.79 Å². The fourth-order valence-electron chi connectivity index (χ4n) is 0.894. The number of amides is 1. The van der Waals surface area contributed by atoms with Crippen LogP contribution in [0.3, 0.4) is 0 Å². The fraction of sp³-hybridized carbons (Fsp3) is 0.455. The number of hydrogen-bond acceptors (Lipinski definition) is 5. The predicted molar refractivity (Wildman–Crippen MR) is 67.9 cm³/mol. The molecule has 1 rings (SSSR count). The summed E-state index contributed by atoms with van der Waals surface area (Å²) in [6, 6.07) is 0. The number of hydrogen-bond donors (Lipinski definition) is 2. The van der Waals surface area contributed by atoms with Crippen LogP contribution in [-0.2, 0) is 4.74 Å². The molecule has 0 aliphatic carbocycles. The number of ether oxygens (including phenoxy) is 1. The van der Waals surface area contributed by atoms with Crippen molar-refractivity contribution < 1.29 is 9.53 Å². The third kappa shape index (κ3) is 5.33. The number of nitrogens with two attached hydrogens (primary N) is 1. The third-order valence-electron chi connectivity index (χ3n) is 1.58. The van der Waals surface area contributed by atoms with Gasteiger partial charge in [-0.2, -0.15) is 0 Å². The van der Waals surface area contributed by atoms with Gasteiger partial charge in [0.05, 0.1) is 24.2 Å². The zero-order valence-electron chi connectivity index (χ0n) is 9.82. The van der Waals surface area contributed by atoms with Gasteiger partial charge in [-0.3, -0.25) is 5.32 Å². The summed E-state index contributed by atoms with van der Waals surface area (Å²) < 4.78 is 4.96. The lowest BCUT2D eigenvalue weighted by Crippen LogP contribution is -2.16. The maximum absolute atomic E-state index is 11.3. The van der Waals surface area contributed by atoms with Gasteiger partial charge in [-0.15, -0.1) is 0 Å². The van der Waals surface area contributed by atoms with E-state index in [1.54, 1.807) is 6.20 Å². The molecule has 0 aromatic carbocycles. The Kier molecular flexibility index (Phi) is 5.46. The number of carbonyl (C=O) groups excluding carboxylic acids is 1. The molecule has 1 amide bonds. The number of carbonyl (C=O) groups is 1. The number of thiazole rings is 1. The van der Waals surface area contributed by atoms with E-state index >= 15 is 0 Å². The lowest BCUT2D eigenvalue weighted by Gasteiger charge is -2.06. The molecule has 0 saturated carbocycles. The van der Waals surface area contributed by atoms with Crippen LogP contribution in [-0.4, -0.2) is 24.2 Å². The highest BCUT2D eigenvalue weighted by Crippen LogP contribution is 2.17. The molecule has 0 fully saturated rings. The molecule has 0 atom stereocenters. The van der Waals surface area contributed by atoms with Crippen molar-refractivity contribution in [3.8, 4) is 11.8 Å². The summed E-state index contributed by atoms with van der Waals surface area (Å²) in [7, 11) is 0. The molecule has 0 unspecified atom stereocenters. The summed E-state index contributed by atoms with van der Waals surface area (Å²) in [5.41, 5.74) is 5.25. The maximum atomic E-state index is 11.3. The molecule has 1 heterocycles. The highest BCUT2D eigenvalue weighted by molar-refractivity contribution is 7.16. The Hall–Kier alpha value is -1.58. The Bertz CT molecular complexity index is 431. The van der Waals surface area contributed by atoms with Crippen molar-refractivity contribution in [1.29, 1.82) is 0 Å². The van der Waals surface area contributed by atoms with Crippen LogP contribution in [0.25, 0.3) is 0 Å². The SMILES string of the molecule is CC(C)COC(=O)Nc1ncc(C#CCN)s1. The second-order valence-electron chi connectivity index (χ2n) is 3.65. The molecule has 0 spiro atoms. The second-order valence-corrected chi connectivity index (χ2v) is 4.68. The fourth-order valence-corrected chi connectivity index (χ4v) is 1.57. The third-order valence-corrected chi connectivity index (χ3v) is 2.40. The van der Waals surface area contributed by atoms with E-state index in [-0.39, 0.29) is 0 Å². The van der Waals surface area contributed by atoms with Gasteiger partial charge in [0.1, 0.15) is 0 Å². The number of aromatic nitrogens is 1. The van der Waals surface area contributed by atoms with E-state index in [1.165, 1.54) is 11.3 Å². The van der Waals surface area contributed by atoms with Gasteiger partial charge in [0.25, 0.3) is 0 Å². The molecule has 1 aromatic heterocycles. The monoisotopic (exact) mass is 253 g/mol. The summed E-state index contributed by atoms with van der Waals surface area (Å²) in [5, 5.41) is 3.01. The van der Waals surface area contributed by atoms with Crippen LogP contribution < -0.4 is 11.1 Å². The molecule has 17 heavy (non-hydrogen) atoms. The van der Waals surface area contributed by atoms with Crippen LogP contribution in [0.15, 0.2) is 6.20 Å². The lowest BCUT2D eigenvalue weighted by molar-refractivity contribution is 0.147. The minimum absolute atomic E-state index is 0.303. The van der Waals surface area contributed by atoms with E-state index in [2.05, 4.69) is 22.1 Å². The number of rotatable bonds is 3. The first kappa shape index (κ1) is 13.5. The van der Waals surface area contributed by atoms with E-state index in [4.69, 9.17) is 10.5 Å². The van der Waals surface area contributed by atoms with Crippen molar-refractivity contribution in [3.63, 3.8) is 0 Å². The molecule has 0 radical (unpaired) electrons. The molecular weight excluding hydrogens is 238 g/mol. The molecule has 0 saturated heterocycles. The first-order valence-electron chi connectivity index (χ1n) is 5.20. The average Bonchev–Trinajstić information content (AvgIpc) is 2.71. The molecule has 1 aromatic rings. The Labute approximate surface area is 104 Å². The molecule has 3 N–H and O–H groups in total. The first-order chi connectivity index (χ1) is 8.11. The van der Waals surface area contributed by atoms with E-state index in [0.29, 0.717) is 24.2 Å². The number of nitrogens with zero attached hydrogens (tertiary/aromatic N) is 1. The molecule has 0 aliphatic heterocycles. The molecule has 5 nitrogen and oxygen atoms in total. The number of anilines is 1. The van der Waals surface area contributed by atoms with Gasteiger partial charge < -0.3 is 10.5 Å². The van der Waals surface area contributed by atoms with Crippen molar-refractivity contribution >= 4 is 22.6 Å². The summed E-state index contributed by atoms with van der Waals surface area (Å²) in [6.45, 7) is 4.63. The largest absolute Gasteiger partial charge is 0.449 e. The lowest BCUT2D eigenvalue weighted by atomic mass is 10.2. The van der Waals surface area contributed by atoms with Gasteiger partial charge >= 0.3 is 6.09 Å². The molecule has 92 valence electrons. The van der Waals surface area contributed by atoms with Crippen molar-refractivity contribution in [1.82, 2.24) is 4.98 Å².